The van der Waals surface area contributed by atoms with Gasteiger partial charge in [-0.25, -0.2) is 18.6 Å². The number of hydrogen-bond donors (Lipinski definition) is 2. The van der Waals surface area contributed by atoms with Crippen molar-refractivity contribution in [1.82, 2.24) is 5.43 Å². The highest BCUT2D eigenvalue weighted by atomic mass is 19.1. The molecule has 0 aliphatic rings. The standard InChI is InChI=1S/C14H13F3N2/c1-8-4-2-3-5-10(8)14(19-18)13-11(16)6-9(15)7-12(13)17/h2-7,14,19H,18H2,1H3. The van der Waals surface area contributed by atoms with Gasteiger partial charge in [0.2, 0.25) is 0 Å². The molecule has 0 bridgehead atoms. The molecule has 0 aliphatic carbocycles. The monoisotopic (exact) mass is 266 g/mol. The maximum Gasteiger partial charge on any atom is 0.134 e. The Kier molecular flexibility index (Phi) is 3.87. The van der Waals surface area contributed by atoms with E-state index in [1.807, 2.05) is 6.07 Å². The molecule has 1 atom stereocenters. The van der Waals surface area contributed by atoms with Crippen molar-refractivity contribution in [3.8, 4) is 0 Å². The van der Waals surface area contributed by atoms with Gasteiger partial charge in [0, 0.05) is 17.7 Å². The maximum atomic E-state index is 13.8. The summed E-state index contributed by atoms with van der Waals surface area (Å²) in [5.41, 5.74) is 3.54. The summed E-state index contributed by atoms with van der Waals surface area (Å²) in [6.07, 6.45) is 0. The number of nitrogens with two attached hydrogens (primary N) is 1. The smallest absolute Gasteiger partial charge is 0.134 e. The second kappa shape index (κ2) is 5.42. The second-order valence-corrected chi connectivity index (χ2v) is 4.24. The lowest BCUT2D eigenvalue weighted by Crippen LogP contribution is -2.31. The van der Waals surface area contributed by atoms with Gasteiger partial charge in [-0.2, -0.15) is 0 Å². The lowest BCUT2D eigenvalue weighted by Gasteiger charge is -2.20. The predicted molar refractivity (Wildman–Crippen MR) is 66.7 cm³/mol. The summed E-state index contributed by atoms with van der Waals surface area (Å²) in [7, 11) is 0. The van der Waals surface area contributed by atoms with Crippen LogP contribution in [0.2, 0.25) is 0 Å². The summed E-state index contributed by atoms with van der Waals surface area (Å²) in [5, 5.41) is 0. The molecule has 0 amide bonds. The quantitative estimate of drug-likeness (QED) is 0.662. The van der Waals surface area contributed by atoms with Gasteiger partial charge in [0.15, 0.2) is 0 Å². The molecule has 3 N–H and O–H groups in total. The summed E-state index contributed by atoms with van der Waals surface area (Å²) >= 11 is 0. The van der Waals surface area contributed by atoms with Crippen LogP contribution in [-0.2, 0) is 0 Å². The molecular formula is C14H13F3N2. The van der Waals surface area contributed by atoms with E-state index in [9.17, 15) is 13.2 Å². The normalized spacial score (nSPS) is 12.5. The van der Waals surface area contributed by atoms with Crippen LogP contribution in [-0.4, -0.2) is 0 Å². The van der Waals surface area contributed by atoms with E-state index in [0.717, 1.165) is 5.56 Å². The first-order valence-corrected chi connectivity index (χ1v) is 5.70. The minimum atomic E-state index is -0.969. The van der Waals surface area contributed by atoms with Gasteiger partial charge in [-0.15, -0.1) is 0 Å². The minimum Gasteiger partial charge on any atom is -0.271 e. The fourth-order valence-corrected chi connectivity index (χ4v) is 2.07. The Morgan fingerprint density at radius 3 is 2.16 bits per heavy atom. The van der Waals surface area contributed by atoms with Gasteiger partial charge >= 0.3 is 0 Å². The van der Waals surface area contributed by atoms with Gasteiger partial charge in [0.1, 0.15) is 17.5 Å². The minimum absolute atomic E-state index is 0.293. The first-order valence-electron chi connectivity index (χ1n) is 5.70. The number of halogens is 3. The highest BCUT2D eigenvalue weighted by Gasteiger charge is 2.23. The summed E-state index contributed by atoms with van der Waals surface area (Å²) in [4.78, 5) is 0. The lowest BCUT2D eigenvalue weighted by atomic mass is 9.94. The fourth-order valence-electron chi connectivity index (χ4n) is 2.07. The Morgan fingerprint density at radius 1 is 1.05 bits per heavy atom. The molecule has 2 aromatic carbocycles. The van der Waals surface area contributed by atoms with Crippen LogP contribution in [0.3, 0.4) is 0 Å². The summed E-state index contributed by atoms with van der Waals surface area (Å²) < 4.78 is 40.5. The van der Waals surface area contributed by atoms with E-state index in [0.29, 0.717) is 17.7 Å². The predicted octanol–water partition coefficient (Wildman–Crippen LogP) is 2.97. The maximum absolute atomic E-state index is 13.8. The van der Waals surface area contributed by atoms with E-state index in [1.54, 1.807) is 25.1 Å². The Balaban J connectivity index is 2.58. The van der Waals surface area contributed by atoms with E-state index in [4.69, 9.17) is 5.84 Å². The number of rotatable bonds is 3. The summed E-state index contributed by atoms with van der Waals surface area (Å²) in [6.45, 7) is 1.80. The highest BCUT2D eigenvalue weighted by molar-refractivity contribution is 5.38. The molecule has 0 fully saturated rings. The lowest BCUT2D eigenvalue weighted by molar-refractivity contribution is 0.491. The molecule has 0 aliphatic heterocycles. The van der Waals surface area contributed by atoms with Crippen molar-refractivity contribution in [1.29, 1.82) is 0 Å². The van der Waals surface area contributed by atoms with Gasteiger partial charge < -0.3 is 0 Å². The van der Waals surface area contributed by atoms with E-state index in [-0.39, 0.29) is 5.56 Å². The Labute approximate surface area is 109 Å². The van der Waals surface area contributed by atoms with Crippen LogP contribution in [0.4, 0.5) is 13.2 Å². The number of aryl methyl sites for hydroxylation is 1. The highest BCUT2D eigenvalue weighted by Crippen LogP contribution is 2.28. The van der Waals surface area contributed by atoms with Gasteiger partial charge in [-0.05, 0) is 18.1 Å². The topological polar surface area (TPSA) is 38.0 Å². The second-order valence-electron chi connectivity index (χ2n) is 4.24. The zero-order valence-corrected chi connectivity index (χ0v) is 10.3. The summed E-state index contributed by atoms with van der Waals surface area (Å²) in [6, 6.07) is 7.47. The summed E-state index contributed by atoms with van der Waals surface area (Å²) in [5.74, 6) is 2.51. The first-order chi connectivity index (χ1) is 9.04. The van der Waals surface area contributed by atoms with Gasteiger partial charge in [0.25, 0.3) is 0 Å². The average Bonchev–Trinajstić information content (AvgIpc) is 2.34. The third-order valence-electron chi connectivity index (χ3n) is 3.00. The Morgan fingerprint density at radius 2 is 1.63 bits per heavy atom. The van der Waals surface area contributed by atoms with Crippen molar-refractivity contribution in [2.45, 2.75) is 13.0 Å². The molecule has 2 aromatic rings. The van der Waals surface area contributed by atoms with Gasteiger partial charge in [-0.3, -0.25) is 5.84 Å². The zero-order chi connectivity index (χ0) is 14.0. The molecule has 5 heteroatoms. The van der Waals surface area contributed by atoms with Crippen LogP contribution < -0.4 is 11.3 Å². The van der Waals surface area contributed by atoms with Crippen molar-refractivity contribution in [3.05, 3.63) is 70.5 Å². The molecule has 2 nitrogen and oxygen atoms in total. The van der Waals surface area contributed by atoms with Crippen molar-refractivity contribution >= 4 is 0 Å². The molecule has 0 spiro atoms. The van der Waals surface area contributed by atoms with Crippen LogP contribution in [0.5, 0.6) is 0 Å². The van der Waals surface area contributed by atoms with Crippen molar-refractivity contribution < 1.29 is 13.2 Å². The molecule has 0 saturated heterocycles. The van der Waals surface area contributed by atoms with E-state index < -0.39 is 23.5 Å². The van der Waals surface area contributed by atoms with Crippen molar-refractivity contribution in [2.24, 2.45) is 5.84 Å². The molecule has 0 heterocycles. The number of nitrogens with one attached hydrogen (secondary N) is 1. The van der Waals surface area contributed by atoms with Gasteiger partial charge in [-0.1, -0.05) is 24.3 Å². The van der Waals surface area contributed by atoms with E-state index >= 15 is 0 Å². The molecule has 19 heavy (non-hydrogen) atoms. The molecule has 0 aromatic heterocycles. The number of benzene rings is 2. The van der Waals surface area contributed by atoms with Crippen LogP contribution >= 0.6 is 0 Å². The largest absolute Gasteiger partial charge is 0.271 e. The van der Waals surface area contributed by atoms with Crippen LogP contribution in [0, 0.1) is 24.4 Å². The number of hydrogen-bond acceptors (Lipinski definition) is 2. The molecule has 0 saturated carbocycles. The Hall–Kier alpha value is -1.85. The van der Waals surface area contributed by atoms with Crippen LogP contribution in [0.25, 0.3) is 0 Å². The first kappa shape index (κ1) is 13.6. The molecule has 0 radical (unpaired) electrons. The average molecular weight is 266 g/mol. The molecule has 1 unspecified atom stereocenters. The number of hydrazine groups is 1. The van der Waals surface area contributed by atoms with E-state index in [2.05, 4.69) is 5.43 Å². The van der Waals surface area contributed by atoms with Crippen molar-refractivity contribution in [2.75, 3.05) is 0 Å². The van der Waals surface area contributed by atoms with Gasteiger partial charge in [0.05, 0.1) is 6.04 Å². The van der Waals surface area contributed by atoms with Crippen LogP contribution in [0.15, 0.2) is 36.4 Å². The van der Waals surface area contributed by atoms with Crippen molar-refractivity contribution in [3.63, 3.8) is 0 Å². The fraction of sp³-hybridized carbons (Fsp3) is 0.143. The van der Waals surface area contributed by atoms with E-state index in [1.165, 1.54) is 0 Å². The molecule has 2 rings (SSSR count). The SMILES string of the molecule is Cc1ccccc1C(NN)c1c(F)cc(F)cc1F. The molecular weight excluding hydrogens is 253 g/mol. The van der Waals surface area contributed by atoms with Crippen LogP contribution in [0.1, 0.15) is 22.7 Å². The third-order valence-corrected chi connectivity index (χ3v) is 3.00. The zero-order valence-electron chi connectivity index (χ0n) is 10.3. The molecule has 100 valence electrons. The third kappa shape index (κ3) is 2.62. The Bertz CT molecular complexity index is 576.